The molecule has 4 rings (SSSR count). The molecule has 0 unspecified atom stereocenters. The minimum atomic E-state index is -0.343. The van der Waals surface area contributed by atoms with Gasteiger partial charge in [-0.2, -0.15) is 0 Å². The Labute approximate surface area is 192 Å². The van der Waals surface area contributed by atoms with Crippen LogP contribution in [0.4, 0.5) is 5.69 Å². The van der Waals surface area contributed by atoms with Crippen LogP contribution in [0.15, 0.2) is 97.1 Å². The number of hydrogen-bond acceptors (Lipinski definition) is 3. The number of nitrogens with zero attached hydrogens (tertiary/aromatic N) is 1. The van der Waals surface area contributed by atoms with Gasteiger partial charge in [-0.25, -0.2) is 0 Å². The number of carbonyl (C=O) groups excluding carboxylic acids is 2. The normalized spacial score (nSPS) is 10.5. The Hall–Kier alpha value is -4.45. The molecule has 0 aliphatic heterocycles. The van der Waals surface area contributed by atoms with Gasteiger partial charge in [0.25, 0.3) is 5.91 Å². The largest absolute Gasteiger partial charge is 0.384 e. The molecule has 0 radical (unpaired) electrons. The van der Waals surface area contributed by atoms with E-state index in [0.29, 0.717) is 23.4 Å². The maximum Gasteiger partial charge on any atom is 0.258 e. The van der Waals surface area contributed by atoms with Crippen LogP contribution in [0.1, 0.15) is 21.5 Å². The fraction of sp³-hybridized carbons (Fsp3) is 0.0741. The molecule has 0 saturated heterocycles. The maximum absolute atomic E-state index is 13.3. The van der Waals surface area contributed by atoms with E-state index in [1.165, 1.54) is 4.90 Å². The summed E-state index contributed by atoms with van der Waals surface area (Å²) in [6.07, 6.45) is 0. The van der Waals surface area contributed by atoms with Crippen LogP contribution in [-0.4, -0.2) is 24.2 Å². The number of para-hydroxylation sites is 1. The van der Waals surface area contributed by atoms with Crippen LogP contribution in [0.5, 0.6) is 0 Å². The van der Waals surface area contributed by atoms with Crippen LogP contribution in [-0.2, 0) is 11.3 Å². The molecular weight excluding hydrogens is 412 g/mol. The molecule has 0 heterocycles. The Morgan fingerprint density at radius 1 is 0.818 bits per heavy atom. The van der Waals surface area contributed by atoms with E-state index in [-0.39, 0.29) is 24.2 Å². The van der Waals surface area contributed by atoms with Gasteiger partial charge in [-0.1, -0.05) is 72.8 Å². The quantitative estimate of drug-likeness (QED) is 0.301. The summed E-state index contributed by atoms with van der Waals surface area (Å²) in [5, 5.41) is 12.8. The van der Waals surface area contributed by atoms with Crippen LogP contribution >= 0.6 is 0 Å². The lowest BCUT2D eigenvalue weighted by molar-refractivity contribution is -0.119. The minimum absolute atomic E-state index is 0.122. The van der Waals surface area contributed by atoms with Gasteiger partial charge in [-0.3, -0.25) is 19.9 Å². The third-order valence-electron chi connectivity index (χ3n) is 5.39. The SMILES string of the molecule is N=C(N)c1cccc(C(=O)N(CC(=O)NCc2cccc3ccccc23)c2ccccc2)c1. The smallest absolute Gasteiger partial charge is 0.258 e. The van der Waals surface area contributed by atoms with Gasteiger partial charge in [-0.05, 0) is 40.6 Å². The number of nitrogen functional groups attached to an aromatic ring is 1. The highest BCUT2D eigenvalue weighted by atomic mass is 16.2. The standard InChI is InChI=1S/C27H24N4O2/c28-26(29)20-10-7-11-21(16-20)27(33)31(23-13-2-1-3-14-23)18-25(32)30-17-22-12-6-9-19-8-4-5-15-24(19)22/h1-16H,17-18H2,(H3,28,29)(H,30,32). The van der Waals surface area contributed by atoms with Crippen LogP contribution in [0.2, 0.25) is 0 Å². The highest BCUT2D eigenvalue weighted by Gasteiger charge is 2.21. The van der Waals surface area contributed by atoms with Gasteiger partial charge in [0.2, 0.25) is 5.91 Å². The molecule has 0 aromatic heterocycles. The van der Waals surface area contributed by atoms with Gasteiger partial charge >= 0.3 is 0 Å². The van der Waals surface area contributed by atoms with Crippen LogP contribution < -0.4 is 16.0 Å². The van der Waals surface area contributed by atoms with Gasteiger partial charge in [0.1, 0.15) is 12.4 Å². The summed E-state index contributed by atoms with van der Waals surface area (Å²) >= 11 is 0. The Balaban J connectivity index is 1.54. The number of amides is 2. The summed E-state index contributed by atoms with van der Waals surface area (Å²) in [5.41, 5.74) is 8.00. The predicted octanol–water partition coefficient (Wildman–Crippen LogP) is 4.09. The molecule has 0 saturated carbocycles. The van der Waals surface area contributed by atoms with E-state index in [4.69, 9.17) is 11.1 Å². The Bertz CT molecular complexity index is 1310. The number of nitrogens with one attached hydrogen (secondary N) is 2. The molecule has 6 nitrogen and oxygen atoms in total. The van der Waals surface area contributed by atoms with Crippen LogP contribution in [0.25, 0.3) is 10.8 Å². The molecule has 0 fully saturated rings. The first-order valence-corrected chi connectivity index (χ1v) is 10.6. The summed E-state index contributed by atoms with van der Waals surface area (Å²) in [4.78, 5) is 27.7. The second-order valence-corrected chi connectivity index (χ2v) is 7.64. The average molecular weight is 437 g/mol. The molecule has 0 spiro atoms. The summed E-state index contributed by atoms with van der Waals surface area (Å²) in [6, 6.07) is 29.6. The van der Waals surface area contributed by atoms with Crippen LogP contribution in [0.3, 0.4) is 0 Å². The molecule has 33 heavy (non-hydrogen) atoms. The van der Waals surface area contributed by atoms with E-state index < -0.39 is 0 Å². The monoisotopic (exact) mass is 436 g/mol. The zero-order valence-corrected chi connectivity index (χ0v) is 18.0. The molecule has 0 aliphatic rings. The first kappa shape index (κ1) is 21.8. The van der Waals surface area contributed by atoms with E-state index in [1.807, 2.05) is 60.7 Å². The van der Waals surface area contributed by atoms with E-state index >= 15 is 0 Å². The van der Waals surface area contributed by atoms with E-state index in [2.05, 4.69) is 5.32 Å². The van der Waals surface area contributed by atoms with Crippen molar-refractivity contribution in [1.29, 1.82) is 5.41 Å². The highest BCUT2D eigenvalue weighted by molar-refractivity contribution is 6.10. The zero-order valence-electron chi connectivity index (χ0n) is 18.0. The number of amidine groups is 1. The molecule has 4 aromatic rings. The fourth-order valence-electron chi connectivity index (χ4n) is 3.70. The molecule has 4 N–H and O–H groups in total. The number of benzene rings is 4. The van der Waals surface area contributed by atoms with Crippen molar-refractivity contribution in [3.63, 3.8) is 0 Å². The van der Waals surface area contributed by atoms with Gasteiger partial charge in [-0.15, -0.1) is 0 Å². The van der Waals surface area contributed by atoms with Gasteiger partial charge in [0.05, 0.1) is 0 Å². The summed E-state index contributed by atoms with van der Waals surface area (Å²) in [7, 11) is 0. The summed E-state index contributed by atoms with van der Waals surface area (Å²) in [6.45, 7) is 0.217. The Morgan fingerprint density at radius 3 is 2.27 bits per heavy atom. The second-order valence-electron chi connectivity index (χ2n) is 7.64. The van der Waals surface area contributed by atoms with E-state index in [1.54, 1.807) is 36.4 Å². The summed E-state index contributed by atoms with van der Waals surface area (Å²) < 4.78 is 0. The van der Waals surface area contributed by atoms with Gasteiger partial charge in [0, 0.05) is 23.4 Å². The maximum atomic E-state index is 13.3. The van der Waals surface area contributed by atoms with E-state index in [0.717, 1.165) is 16.3 Å². The van der Waals surface area contributed by atoms with Crippen LogP contribution in [0, 0.1) is 5.41 Å². The van der Waals surface area contributed by atoms with Crippen molar-refractivity contribution in [2.75, 3.05) is 11.4 Å². The molecule has 2 amide bonds. The van der Waals surface area contributed by atoms with Gasteiger partial charge < -0.3 is 11.1 Å². The average Bonchev–Trinajstić information content (AvgIpc) is 2.86. The summed E-state index contributed by atoms with van der Waals surface area (Å²) in [5.74, 6) is -0.740. The topological polar surface area (TPSA) is 99.3 Å². The lowest BCUT2D eigenvalue weighted by atomic mass is 10.0. The van der Waals surface area contributed by atoms with Crippen molar-refractivity contribution in [1.82, 2.24) is 5.32 Å². The first-order valence-electron chi connectivity index (χ1n) is 10.6. The third-order valence-corrected chi connectivity index (χ3v) is 5.39. The third kappa shape index (κ3) is 5.07. The van der Waals surface area contributed by atoms with Crippen molar-refractivity contribution in [2.24, 2.45) is 5.73 Å². The fourth-order valence-corrected chi connectivity index (χ4v) is 3.70. The Morgan fingerprint density at radius 2 is 1.48 bits per heavy atom. The molecule has 0 aliphatic carbocycles. The minimum Gasteiger partial charge on any atom is -0.384 e. The van der Waals surface area contributed by atoms with Crippen molar-refractivity contribution in [2.45, 2.75) is 6.54 Å². The molecule has 6 heteroatoms. The molecule has 4 aromatic carbocycles. The number of rotatable bonds is 7. The lowest BCUT2D eigenvalue weighted by Gasteiger charge is -2.23. The highest BCUT2D eigenvalue weighted by Crippen LogP contribution is 2.19. The van der Waals surface area contributed by atoms with Crippen molar-refractivity contribution < 1.29 is 9.59 Å². The van der Waals surface area contributed by atoms with Gasteiger partial charge in [0.15, 0.2) is 0 Å². The number of carbonyl (C=O) groups is 2. The molecular formula is C27H24N4O2. The Kier molecular flexibility index (Phi) is 6.45. The molecule has 0 atom stereocenters. The second kappa shape index (κ2) is 9.78. The first-order chi connectivity index (χ1) is 16.0. The van der Waals surface area contributed by atoms with Crippen molar-refractivity contribution in [3.05, 3.63) is 114 Å². The van der Waals surface area contributed by atoms with Crippen molar-refractivity contribution in [3.8, 4) is 0 Å². The number of nitrogens with two attached hydrogens (primary N) is 1. The molecule has 164 valence electrons. The lowest BCUT2D eigenvalue weighted by Crippen LogP contribution is -2.40. The number of fused-ring (bicyclic) bond motifs is 1. The number of hydrogen-bond donors (Lipinski definition) is 3. The van der Waals surface area contributed by atoms with Crippen molar-refractivity contribution >= 4 is 34.1 Å². The van der Waals surface area contributed by atoms with E-state index in [9.17, 15) is 9.59 Å². The zero-order chi connectivity index (χ0) is 23.2. The number of anilines is 1. The predicted molar refractivity (Wildman–Crippen MR) is 131 cm³/mol. The molecule has 0 bridgehead atoms.